The summed E-state index contributed by atoms with van der Waals surface area (Å²) in [4.78, 5) is 24.0. The highest BCUT2D eigenvalue weighted by Gasteiger charge is 2.21. The number of aliphatic hydroxyl groups is 1. The van der Waals surface area contributed by atoms with Crippen LogP contribution in [0.4, 0.5) is 0 Å². The number of ether oxygens (including phenoxy) is 1. The Morgan fingerprint density at radius 1 is 0.792 bits per heavy atom. The van der Waals surface area contributed by atoms with Crippen LogP contribution in [-0.2, 0) is 14.3 Å². The van der Waals surface area contributed by atoms with Gasteiger partial charge in [-0.2, -0.15) is 0 Å². The third-order valence-corrected chi connectivity index (χ3v) is 4.84. The predicted molar refractivity (Wildman–Crippen MR) is 98.1 cm³/mol. The number of aliphatic hydroxyl groups excluding tert-OH is 1. The van der Waals surface area contributed by atoms with Gasteiger partial charge in [0.25, 0.3) is 0 Å². The summed E-state index contributed by atoms with van der Waals surface area (Å²) in [6.07, 6.45) is 6.13. The minimum absolute atomic E-state index is 0.0772. The standard InChI is InChI=1S/C20H38O4/c1-19(2,11-6-15-21)12-9-17(22)7-8-18(23)10-13-20(3,4)14-16-24-5/h21H,6-16H2,1-5H3. The van der Waals surface area contributed by atoms with E-state index in [1.807, 2.05) is 0 Å². The van der Waals surface area contributed by atoms with E-state index < -0.39 is 0 Å². The van der Waals surface area contributed by atoms with Crippen molar-refractivity contribution in [2.24, 2.45) is 10.8 Å². The van der Waals surface area contributed by atoms with Crippen LogP contribution in [0.5, 0.6) is 0 Å². The molecule has 0 aromatic rings. The summed E-state index contributed by atoms with van der Waals surface area (Å²) in [7, 11) is 1.69. The van der Waals surface area contributed by atoms with E-state index in [1.165, 1.54) is 0 Å². The summed E-state index contributed by atoms with van der Waals surface area (Å²) in [5.74, 6) is 0.368. The molecule has 24 heavy (non-hydrogen) atoms. The minimum Gasteiger partial charge on any atom is -0.396 e. The van der Waals surface area contributed by atoms with Crippen LogP contribution in [0.2, 0.25) is 0 Å². The molecule has 0 fully saturated rings. The Kier molecular flexibility index (Phi) is 11.4. The molecule has 0 aromatic carbocycles. The number of carbonyl (C=O) groups excluding carboxylic acids is 2. The summed E-state index contributed by atoms with van der Waals surface area (Å²) < 4.78 is 5.10. The molecule has 0 amide bonds. The van der Waals surface area contributed by atoms with Crippen LogP contribution in [0.1, 0.15) is 85.5 Å². The molecule has 0 atom stereocenters. The monoisotopic (exact) mass is 342 g/mol. The van der Waals surface area contributed by atoms with Gasteiger partial charge in [0.15, 0.2) is 0 Å². The van der Waals surface area contributed by atoms with E-state index in [1.54, 1.807) is 7.11 Å². The lowest BCUT2D eigenvalue weighted by Gasteiger charge is -2.24. The van der Waals surface area contributed by atoms with Crippen LogP contribution >= 0.6 is 0 Å². The van der Waals surface area contributed by atoms with Crippen LogP contribution in [0.3, 0.4) is 0 Å². The van der Waals surface area contributed by atoms with Crippen LogP contribution < -0.4 is 0 Å². The SMILES string of the molecule is COCCC(C)(C)CCC(=O)CCC(=O)CCC(C)(C)CCCO. The van der Waals surface area contributed by atoms with Crippen molar-refractivity contribution in [3.63, 3.8) is 0 Å². The Morgan fingerprint density at radius 2 is 1.25 bits per heavy atom. The molecule has 0 heterocycles. The van der Waals surface area contributed by atoms with E-state index in [9.17, 15) is 9.59 Å². The molecular formula is C20H38O4. The lowest BCUT2D eigenvalue weighted by atomic mass is 9.82. The van der Waals surface area contributed by atoms with E-state index in [2.05, 4.69) is 27.7 Å². The molecule has 4 heteroatoms. The van der Waals surface area contributed by atoms with Gasteiger partial charge in [0.1, 0.15) is 11.6 Å². The molecule has 1 N–H and O–H groups in total. The molecule has 0 unspecified atom stereocenters. The van der Waals surface area contributed by atoms with Gasteiger partial charge in [-0.1, -0.05) is 27.7 Å². The van der Waals surface area contributed by atoms with Gasteiger partial charge in [-0.25, -0.2) is 0 Å². The first-order valence-electron chi connectivity index (χ1n) is 9.25. The molecule has 0 saturated heterocycles. The van der Waals surface area contributed by atoms with Gasteiger partial charge < -0.3 is 9.84 Å². The quantitative estimate of drug-likeness (QED) is 0.481. The third kappa shape index (κ3) is 12.7. The molecule has 0 aromatic heterocycles. The number of rotatable bonds is 15. The van der Waals surface area contributed by atoms with Crippen LogP contribution in [0, 0.1) is 10.8 Å². The van der Waals surface area contributed by atoms with Crippen molar-refractivity contribution in [3.05, 3.63) is 0 Å². The van der Waals surface area contributed by atoms with Crippen LogP contribution in [0.15, 0.2) is 0 Å². The van der Waals surface area contributed by atoms with Gasteiger partial charge in [-0.3, -0.25) is 9.59 Å². The molecule has 0 aliphatic rings. The fourth-order valence-corrected chi connectivity index (χ4v) is 2.67. The first-order chi connectivity index (χ1) is 11.1. The van der Waals surface area contributed by atoms with Crippen LogP contribution in [-0.4, -0.2) is 37.0 Å². The van der Waals surface area contributed by atoms with Gasteiger partial charge in [-0.05, 0) is 42.9 Å². The lowest BCUT2D eigenvalue weighted by molar-refractivity contribution is -0.124. The fourth-order valence-electron chi connectivity index (χ4n) is 2.67. The molecular weight excluding hydrogens is 304 g/mol. The molecule has 0 aliphatic heterocycles. The highest BCUT2D eigenvalue weighted by molar-refractivity contribution is 5.85. The highest BCUT2D eigenvalue weighted by Crippen LogP contribution is 2.29. The van der Waals surface area contributed by atoms with Crippen molar-refractivity contribution in [2.45, 2.75) is 85.5 Å². The Hall–Kier alpha value is -0.740. The first-order valence-corrected chi connectivity index (χ1v) is 9.25. The summed E-state index contributed by atoms with van der Waals surface area (Å²) in [5, 5.41) is 8.90. The number of ketones is 2. The van der Waals surface area contributed by atoms with E-state index in [0.717, 1.165) is 32.1 Å². The zero-order chi connectivity index (χ0) is 18.6. The molecule has 0 spiro atoms. The van der Waals surface area contributed by atoms with E-state index >= 15 is 0 Å². The van der Waals surface area contributed by atoms with Gasteiger partial charge in [-0.15, -0.1) is 0 Å². The normalized spacial score (nSPS) is 12.4. The summed E-state index contributed by atoms with van der Waals surface area (Å²) in [6.45, 7) is 9.47. The second-order valence-electron chi connectivity index (χ2n) is 8.48. The Balaban J connectivity index is 3.95. The van der Waals surface area contributed by atoms with Gasteiger partial charge in [0, 0.05) is 46.0 Å². The molecule has 0 radical (unpaired) electrons. The predicted octanol–water partition coefficient (Wildman–Crippen LogP) is 4.33. The molecule has 0 saturated carbocycles. The maximum absolute atomic E-state index is 12.0. The number of hydrogen-bond donors (Lipinski definition) is 1. The average Bonchev–Trinajstić information content (AvgIpc) is 2.53. The zero-order valence-corrected chi connectivity index (χ0v) is 16.5. The number of hydrogen-bond acceptors (Lipinski definition) is 4. The smallest absolute Gasteiger partial charge is 0.133 e. The first kappa shape index (κ1) is 23.3. The summed E-state index contributed by atoms with van der Waals surface area (Å²) in [5.41, 5.74) is 0.181. The van der Waals surface area contributed by atoms with Crippen LogP contribution in [0.25, 0.3) is 0 Å². The van der Waals surface area contributed by atoms with E-state index in [-0.39, 0.29) is 29.0 Å². The Bertz CT molecular complexity index is 336. The topological polar surface area (TPSA) is 63.6 Å². The van der Waals surface area contributed by atoms with Crippen molar-refractivity contribution >= 4 is 11.6 Å². The second-order valence-corrected chi connectivity index (χ2v) is 8.48. The lowest BCUT2D eigenvalue weighted by Crippen LogP contribution is -2.17. The zero-order valence-electron chi connectivity index (χ0n) is 16.5. The maximum Gasteiger partial charge on any atom is 0.133 e. The van der Waals surface area contributed by atoms with Gasteiger partial charge in [0.2, 0.25) is 0 Å². The number of Topliss-reactive ketones (excluding diaryl/α,β-unsaturated/α-hetero) is 2. The summed E-state index contributed by atoms with van der Waals surface area (Å²) in [6, 6.07) is 0. The van der Waals surface area contributed by atoms with E-state index in [0.29, 0.717) is 32.3 Å². The van der Waals surface area contributed by atoms with Crippen molar-refractivity contribution in [1.82, 2.24) is 0 Å². The van der Waals surface area contributed by atoms with E-state index in [4.69, 9.17) is 9.84 Å². The average molecular weight is 343 g/mol. The number of carbonyl (C=O) groups is 2. The van der Waals surface area contributed by atoms with Crippen molar-refractivity contribution in [3.8, 4) is 0 Å². The minimum atomic E-state index is 0.0772. The van der Waals surface area contributed by atoms with Crippen molar-refractivity contribution in [1.29, 1.82) is 0 Å². The van der Waals surface area contributed by atoms with Crippen molar-refractivity contribution < 1.29 is 19.4 Å². The maximum atomic E-state index is 12.0. The molecule has 0 rings (SSSR count). The highest BCUT2D eigenvalue weighted by atomic mass is 16.5. The molecule has 0 aliphatic carbocycles. The second kappa shape index (κ2) is 11.8. The van der Waals surface area contributed by atoms with Gasteiger partial charge in [0.05, 0.1) is 0 Å². The number of methoxy groups -OCH3 is 1. The molecule has 142 valence electrons. The molecule has 4 nitrogen and oxygen atoms in total. The Morgan fingerprint density at radius 3 is 1.67 bits per heavy atom. The largest absolute Gasteiger partial charge is 0.396 e. The van der Waals surface area contributed by atoms with Gasteiger partial charge >= 0.3 is 0 Å². The molecule has 0 bridgehead atoms. The van der Waals surface area contributed by atoms with Crippen molar-refractivity contribution in [2.75, 3.05) is 20.3 Å². The summed E-state index contributed by atoms with van der Waals surface area (Å²) >= 11 is 0. The third-order valence-electron chi connectivity index (χ3n) is 4.84. The Labute approximate surface area is 148 Å². The fraction of sp³-hybridized carbons (Fsp3) is 0.900.